The van der Waals surface area contributed by atoms with Crippen molar-refractivity contribution in [1.82, 2.24) is 15.1 Å². The zero-order valence-corrected chi connectivity index (χ0v) is 14.1. The van der Waals surface area contributed by atoms with Crippen LogP contribution in [0.2, 0.25) is 0 Å². The van der Waals surface area contributed by atoms with Crippen LogP contribution >= 0.6 is 0 Å². The molecule has 0 aromatic carbocycles. The summed E-state index contributed by atoms with van der Waals surface area (Å²) in [7, 11) is 1.72. The fourth-order valence-corrected chi connectivity index (χ4v) is 2.67. The van der Waals surface area contributed by atoms with Crippen LogP contribution in [0, 0.1) is 5.92 Å². The van der Waals surface area contributed by atoms with Gasteiger partial charge in [-0.25, -0.2) is 0 Å². The smallest absolute Gasteiger partial charge is 0.356 e. The summed E-state index contributed by atoms with van der Waals surface area (Å²) in [5.41, 5.74) is 0. The fraction of sp³-hybridized carbons (Fsp3) is 0.933. The molecule has 130 valence electrons. The van der Waals surface area contributed by atoms with Crippen LogP contribution in [0.5, 0.6) is 0 Å². The second-order valence-electron chi connectivity index (χ2n) is 5.85. The zero-order chi connectivity index (χ0) is 16.8. The third kappa shape index (κ3) is 5.34. The number of hydrogen-bond donors (Lipinski definition) is 1. The lowest BCUT2D eigenvalue weighted by molar-refractivity contribution is -0.181. The highest BCUT2D eigenvalue weighted by Gasteiger charge is 2.41. The van der Waals surface area contributed by atoms with Gasteiger partial charge >= 0.3 is 6.18 Å². The SMILES string of the molecule is CCC(CC)CNC(=NC)N1CCN(C(C)C(F)(F)F)CC1. The molecule has 1 N–H and O–H groups in total. The molecular weight excluding hydrogens is 293 g/mol. The molecule has 22 heavy (non-hydrogen) atoms. The summed E-state index contributed by atoms with van der Waals surface area (Å²) in [5, 5.41) is 3.35. The van der Waals surface area contributed by atoms with E-state index in [1.165, 1.54) is 11.8 Å². The molecule has 0 aromatic heterocycles. The van der Waals surface area contributed by atoms with Gasteiger partial charge in [0.1, 0.15) is 6.04 Å². The van der Waals surface area contributed by atoms with E-state index in [0.717, 1.165) is 25.3 Å². The van der Waals surface area contributed by atoms with Crippen molar-refractivity contribution in [3.8, 4) is 0 Å². The number of guanidine groups is 1. The highest BCUT2D eigenvalue weighted by molar-refractivity contribution is 5.80. The third-order valence-electron chi connectivity index (χ3n) is 4.55. The van der Waals surface area contributed by atoms with Gasteiger partial charge in [-0.1, -0.05) is 26.7 Å². The molecule has 0 radical (unpaired) electrons. The standard InChI is InChI=1S/C15H29F3N4/c1-5-13(6-2)11-20-14(19-4)22-9-7-21(8-10-22)12(3)15(16,17)18/h12-13H,5-11H2,1-4H3,(H,19,20). The molecule has 0 bridgehead atoms. The quantitative estimate of drug-likeness (QED) is 0.623. The molecule has 1 saturated heterocycles. The molecule has 7 heteroatoms. The van der Waals surface area contributed by atoms with E-state index in [1.54, 1.807) is 7.05 Å². The van der Waals surface area contributed by atoms with Crippen molar-refractivity contribution in [3.63, 3.8) is 0 Å². The van der Waals surface area contributed by atoms with Crippen LogP contribution in [-0.2, 0) is 0 Å². The Hall–Kier alpha value is -0.980. The van der Waals surface area contributed by atoms with Crippen LogP contribution in [-0.4, -0.2) is 67.7 Å². The molecule has 4 nitrogen and oxygen atoms in total. The molecule has 1 fully saturated rings. The van der Waals surface area contributed by atoms with Gasteiger partial charge in [-0.15, -0.1) is 0 Å². The molecule has 1 atom stereocenters. The summed E-state index contributed by atoms with van der Waals surface area (Å²) in [4.78, 5) is 7.80. The van der Waals surface area contributed by atoms with Gasteiger partial charge in [0.05, 0.1) is 0 Å². The van der Waals surface area contributed by atoms with Crippen molar-refractivity contribution in [1.29, 1.82) is 0 Å². The number of aliphatic imine (C=N–C) groups is 1. The van der Waals surface area contributed by atoms with E-state index in [1.807, 2.05) is 4.90 Å². The van der Waals surface area contributed by atoms with Crippen molar-refractivity contribution in [2.24, 2.45) is 10.9 Å². The molecule has 1 aliphatic heterocycles. The maximum Gasteiger partial charge on any atom is 0.403 e. The fourth-order valence-electron chi connectivity index (χ4n) is 2.67. The van der Waals surface area contributed by atoms with Gasteiger partial charge in [-0.05, 0) is 12.8 Å². The summed E-state index contributed by atoms with van der Waals surface area (Å²) in [6.45, 7) is 8.38. The molecule has 0 saturated carbocycles. The summed E-state index contributed by atoms with van der Waals surface area (Å²) >= 11 is 0. The molecule has 0 amide bonds. The normalized spacial score (nSPS) is 19.6. The van der Waals surface area contributed by atoms with Crippen LogP contribution in [0.25, 0.3) is 0 Å². The van der Waals surface area contributed by atoms with Gasteiger partial charge in [-0.3, -0.25) is 9.89 Å². The first-order valence-electron chi connectivity index (χ1n) is 8.09. The van der Waals surface area contributed by atoms with Gasteiger partial charge in [0.25, 0.3) is 0 Å². The van der Waals surface area contributed by atoms with Crippen molar-refractivity contribution >= 4 is 5.96 Å². The molecule has 1 aliphatic rings. The van der Waals surface area contributed by atoms with Gasteiger partial charge in [-0.2, -0.15) is 13.2 Å². The summed E-state index contributed by atoms with van der Waals surface area (Å²) < 4.78 is 38.3. The van der Waals surface area contributed by atoms with E-state index in [0.29, 0.717) is 32.1 Å². The number of piperazine rings is 1. The second-order valence-corrected chi connectivity index (χ2v) is 5.85. The Morgan fingerprint density at radius 3 is 2.09 bits per heavy atom. The highest BCUT2D eigenvalue weighted by atomic mass is 19.4. The zero-order valence-electron chi connectivity index (χ0n) is 14.1. The van der Waals surface area contributed by atoms with Crippen LogP contribution in [0.15, 0.2) is 4.99 Å². The van der Waals surface area contributed by atoms with Crippen LogP contribution in [0.1, 0.15) is 33.6 Å². The summed E-state index contributed by atoms with van der Waals surface area (Å²) in [6, 6.07) is -1.38. The summed E-state index contributed by atoms with van der Waals surface area (Å²) in [5.74, 6) is 1.40. The minimum atomic E-state index is -4.16. The Bertz CT molecular complexity index is 345. The van der Waals surface area contributed by atoms with E-state index in [-0.39, 0.29) is 0 Å². The highest BCUT2D eigenvalue weighted by Crippen LogP contribution is 2.25. The number of nitrogens with zero attached hydrogens (tertiary/aromatic N) is 3. The Morgan fingerprint density at radius 2 is 1.68 bits per heavy atom. The van der Waals surface area contributed by atoms with E-state index in [2.05, 4.69) is 24.2 Å². The van der Waals surface area contributed by atoms with Crippen molar-refractivity contribution in [2.45, 2.75) is 45.8 Å². The van der Waals surface area contributed by atoms with Crippen molar-refractivity contribution < 1.29 is 13.2 Å². The summed E-state index contributed by atoms with van der Waals surface area (Å²) in [6.07, 6.45) is -1.94. The first-order chi connectivity index (χ1) is 10.3. The number of nitrogens with one attached hydrogen (secondary N) is 1. The Kier molecular flexibility index (Phi) is 7.45. The minimum absolute atomic E-state index is 0.409. The Balaban J connectivity index is 2.48. The van der Waals surface area contributed by atoms with Crippen LogP contribution in [0.4, 0.5) is 13.2 Å². The van der Waals surface area contributed by atoms with Crippen LogP contribution < -0.4 is 5.32 Å². The number of hydrogen-bond acceptors (Lipinski definition) is 2. The van der Waals surface area contributed by atoms with E-state index in [9.17, 15) is 13.2 Å². The number of halogens is 3. The van der Waals surface area contributed by atoms with Gasteiger partial charge in [0.2, 0.25) is 0 Å². The second kappa shape index (κ2) is 8.60. The van der Waals surface area contributed by atoms with Gasteiger partial charge in [0.15, 0.2) is 5.96 Å². The van der Waals surface area contributed by atoms with E-state index < -0.39 is 12.2 Å². The number of alkyl halides is 3. The average Bonchev–Trinajstić information content (AvgIpc) is 2.50. The average molecular weight is 322 g/mol. The maximum atomic E-state index is 12.8. The largest absolute Gasteiger partial charge is 0.403 e. The van der Waals surface area contributed by atoms with E-state index >= 15 is 0 Å². The van der Waals surface area contributed by atoms with Crippen molar-refractivity contribution in [2.75, 3.05) is 39.8 Å². The predicted octanol–water partition coefficient (Wildman–Crippen LogP) is 2.57. The van der Waals surface area contributed by atoms with E-state index in [4.69, 9.17) is 0 Å². The first-order valence-corrected chi connectivity index (χ1v) is 8.09. The first kappa shape index (κ1) is 19.1. The predicted molar refractivity (Wildman–Crippen MR) is 84.1 cm³/mol. The molecule has 0 spiro atoms. The molecule has 1 rings (SSSR count). The van der Waals surface area contributed by atoms with Gasteiger partial charge < -0.3 is 10.2 Å². The molecular formula is C15H29F3N4. The topological polar surface area (TPSA) is 30.9 Å². The molecule has 0 aliphatic carbocycles. The number of rotatable bonds is 5. The lowest BCUT2D eigenvalue weighted by atomic mass is 10.0. The molecule has 0 aromatic rings. The Labute approximate surface area is 131 Å². The van der Waals surface area contributed by atoms with Crippen molar-refractivity contribution in [3.05, 3.63) is 0 Å². The monoisotopic (exact) mass is 322 g/mol. The van der Waals surface area contributed by atoms with Gasteiger partial charge in [0, 0.05) is 39.8 Å². The third-order valence-corrected chi connectivity index (χ3v) is 4.55. The minimum Gasteiger partial charge on any atom is -0.356 e. The lowest BCUT2D eigenvalue weighted by Gasteiger charge is -2.39. The lowest BCUT2D eigenvalue weighted by Crippen LogP contribution is -2.57. The van der Waals surface area contributed by atoms with Crippen LogP contribution in [0.3, 0.4) is 0 Å². The molecule has 1 heterocycles. The maximum absolute atomic E-state index is 12.8. The molecule has 1 unspecified atom stereocenters. The Morgan fingerprint density at radius 1 is 1.14 bits per heavy atom.